The maximum atomic E-state index is 12.6. The van der Waals surface area contributed by atoms with Crippen molar-refractivity contribution in [1.82, 2.24) is 4.98 Å². The summed E-state index contributed by atoms with van der Waals surface area (Å²) < 4.78 is 60.8. The molecule has 11 heteroatoms. The molecule has 0 N–H and O–H groups in total. The van der Waals surface area contributed by atoms with Crippen LogP contribution in [0.25, 0.3) is 0 Å². The minimum Gasteiger partial charge on any atom is -0.369 e. The van der Waals surface area contributed by atoms with Crippen molar-refractivity contribution < 1.29 is 26.5 Å². The van der Waals surface area contributed by atoms with Gasteiger partial charge in [0.05, 0.1) is 9.82 Å². The second-order valence-electron chi connectivity index (χ2n) is 5.35. The van der Waals surface area contributed by atoms with Crippen LogP contribution in [0, 0.1) is 10.1 Å². The quantitative estimate of drug-likeness (QED) is 0.557. The lowest BCUT2D eigenvalue weighted by Crippen LogP contribution is -2.24. The molecule has 0 atom stereocenters. The minimum atomic E-state index is -5.66. The number of aromatic nitrogens is 1. The average Bonchev–Trinajstić information content (AvgIpc) is 2.59. The van der Waals surface area contributed by atoms with Crippen molar-refractivity contribution in [3.05, 3.63) is 58.4 Å². The first-order chi connectivity index (χ1) is 12.0. The van der Waals surface area contributed by atoms with Crippen LogP contribution in [0.15, 0.2) is 47.5 Å². The number of benzene rings is 1. The average molecular weight is 389 g/mol. The van der Waals surface area contributed by atoms with Gasteiger partial charge in [-0.25, -0.2) is 8.42 Å². The highest BCUT2D eigenvalue weighted by molar-refractivity contribution is 7.92. The molecule has 0 bridgehead atoms. The van der Waals surface area contributed by atoms with E-state index in [4.69, 9.17) is 0 Å². The molecule has 1 aromatic heterocycles. The fraction of sp³-hybridized carbons (Fsp3) is 0.267. The summed E-state index contributed by atoms with van der Waals surface area (Å²) in [5.74, 6) is 0. The third kappa shape index (κ3) is 4.10. The summed E-state index contributed by atoms with van der Waals surface area (Å²) in [5.41, 5.74) is -5.52. The molecule has 0 saturated heterocycles. The number of alkyl halides is 3. The minimum absolute atomic E-state index is 0.00653. The number of halogens is 3. The lowest BCUT2D eigenvalue weighted by Gasteiger charge is -2.19. The maximum Gasteiger partial charge on any atom is 0.501 e. The van der Waals surface area contributed by atoms with Crippen LogP contribution < -0.4 is 4.90 Å². The van der Waals surface area contributed by atoms with E-state index in [1.807, 2.05) is 0 Å². The van der Waals surface area contributed by atoms with Crippen molar-refractivity contribution in [1.29, 1.82) is 0 Å². The van der Waals surface area contributed by atoms with Gasteiger partial charge >= 0.3 is 5.51 Å². The molecule has 7 nitrogen and oxygen atoms in total. The van der Waals surface area contributed by atoms with Crippen molar-refractivity contribution in [2.24, 2.45) is 0 Å². The van der Waals surface area contributed by atoms with Gasteiger partial charge in [-0.15, -0.1) is 0 Å². The highest BCUT2D eigenvalue weighted by atomic mass is 32.2. The molecule has 2 rings (SSSR count). The van der Waals surface area contributed by atoms with E-state index < -0.39 is 30.9 Å². The highest BCUT2D eigenvalue weighted by Gasteiger charge is 2.47. The number of pyridine rings is 1. The molecule has 0 radical (unpaired) electrons. The van der Waals surface area contributed by atoms with Crippen LogP contribution in [0.4, 0.5) is 24.5 Å². The molecule has 1 heterocycles. The Morgan fingerprint density at radius 1 is 1.23 bits per heavy atom. The number of hydrogen-bond donors (Lipinski definition) is 0. The zero-order valence-electron chi connectivity index (χ0n) is 13.5. The molecule has 26 heavy (non-hydrogen) atoms. The molecule has 0 fully saturated rings. The Labute approximate surface area is 147 Å². The van der Waals surface area contributed by atoms with Gasteiger partial charge in [0.1, 0.15) is 5.69 Å². The van der Waals surface area contributed by atoms with E-state index in [2.05, 4.69) is 4.98 Å². The van der Waals surface area contributed by atoms with Crippen LogP contribution in [-0.2, 0) is 16.3 Å². The first-order valence-corrected chi connectivity index (χ1v) is 8.73. The highest BCUT2D eigenvalue weighted by Crippen LogP contribution is 2.35. The molecule has 2 aromatic rings. The fourth-order valence-electron chi connectivity index (χ4n) is 2.22. The standard InChI is InChI=1S/C15H14F3N3O4S/c1-20(9-7-11-4-2-3-8-19-11)13-6-5-12(10-14(13)21(22)23)26(24,25)15(16,17)18/h2-6,8,10H,7,9H2,1H3. The summed E-state index contributed by atoms with van der Waals surface area (Å²) in [4.78, 5) is 14.7. The number of nitro groups is 1. The Morgan fingerprint density at radius 2 is 1.92 bits per heavy atom. The molecule has 0 aliphatic rings. The van der Waals surface area contributed by atoms with Gasteiger partial charge in [-0.2, -0.15) is 13.2 Å². The van der Waals surface area contributed by atoms with Crippen LogP contribution in [-0.4, -0.2) is 37.4 Å². The zero-order valence-corrected chi connectivity index (χ0v) is 14.3. The molecule has 0 saturated carbocycles. The predicted octanol–water partition coefficient (Wildman–Crippen LogP) is 2.96. The third-order valence-corrected chi connectivity index (χ3v) is 5.08. The molecule has 140 valence electrons. The van der Waals surface area contributed by atoms with Crippen LogP contribution in [0.2, 0.25) is 0 Å². The van der Waals surface area contributed by atoms with Gasteiger partial charge in [-0.3, -0.25) is 15.1 Å². The number of sulfone groups is 1. The van der Waals surface area contributed by atoms with E-state index in [1.165, 1.54) is 11.9 Å². The first kappa shape index (κ1) is 19.6. The third-order valence-electron chi connectivity index (χ3n) is 3.60. The summed E-state index contributed by atoms with van der Waals surface area (Å²) in [6.07, 6.45) is 2.03. The van der Waals surface area contributed by atoms with E-state index >= 15 is 0 Å². The van der Waals surface area contributed by atoms with Crippen molar-refractivity contribution in [3.63, 3.8) is 0 Å². The van der Waals surface area contributed by atoms with Crippen molar-refractivity contribution in [2.75, 3.05) is 18.5 Å². The largest absolute Gasteiger partial charge is 0.501 e. The second-order valence-corrected chi connectivity index (χ2v) is 7.29. The molecule has 0 amide bonds. The number of nitrogens with zero attached hydrogens (tertiary/aromatic N) is 3. The van der Waals surface area contributed by atoms with Gasteiger partial charge in [0, 0.05) is 38.0 Å². The van der Waals surface area contributed by atoms with Gasteiger partial charge in [-0.05, 0) is 24.3 Å². The van der Waals surface area contributed by atoms with Crippen LogP contribution in [0.1, 0.15) is 5.69 Å². The summed E-state index contributed by atoms with van der Waals surface area (Å²) in [6, 6.07) is 7.41. The van der Waals surface area contributed by atoms with Crippen molar-refractivity contribution in [2.45, 2.75) is 16.8 Å². The molecule has 0 aliphatic carbocycles. The SMILES string of the molecule is CN(CCc1ccccn1)c1ccc(S(=O)(=O)C(F)(F)F)cc1[N+](=O)[O-]. The summed E-state index contributed by atoms with van der Waals surface area (Å²) in [6.45, 7) is 0.295. The fourth-order valence-corrected chi connectivity index (χ4v) is 3.00. The number of likely N-dealkylation sites (N-methyl/N-ethyl adjacent to an activating group) is 1. The molecule has 0 aliphatic heterocycles. The summed E-state index contributed by atoms with van der Waals surface area (Å²) in [7, 11) is -4.15. The van der Waals surface area contributed by atoms with E-state index in [-0.39, 0.29) is 5.69 Å². The lowest BCUT2D eigenvalue weighted by molar-refractivity contribution is -0.384. The van der Waals surface area contributed by atoms with Crippen molar-refractivity contribution in [3.8, 4) is 0 Å². The Hall–Kier alpha value is -2.69. The van der Waals surface area contributed by atoms with E-state index in [0.29, 0.717) is 25.1 Å². The Balaban J connectivity index is 2.33. The number of nitro benzene ring substituents is 1. The predicted molar refractivity (Wildman–Crippen MR) is 87.5 cm³/mol. The number of rotatable bonds is 6. The topological polar surface area (TPSA) is 93.4 Å². The molecular weight excluding hydrogens is 375 g/mol. The molecule has 0 unspecified atom stereocenters. The summed E-state index contributed by atoms with van der Waals surface area (Å²) in [5, 5.41) is 11.2. The number of anilines is 1. The van der Waals surface area contributed by atoms with E-state index in [1.54, 1.807) is 24.4 Å². The van der Waals surface area contributed by atoms with Gasteiger partial charge in [0.15, 0.2) is 0 Å². The Morgan fingerprint density at radius 3 is 2.46 bits per heavy atom. The number of hydrogen-bond acceptors (Lipinski definition) is 6. The molecule has 1 aromatic carbocycles. The smallest absolute Gasteiger partial charge is 0.369 e. The van der Waals surface area contributed by atoms with Gasteiger partial charge in [-0.1, -0.05) is 6.07 Å². The zero-order chi connectivity index (χ0) is 19.5. The van der Waals surface area contributed by atoms with Crippen molar-refractivity contribution >= 4 is 21.2 Å². The normalized spacial score (nSPS) is 12.0. The van der Waals surface area contributed by atoms with Crippen LogP contribution >= 0.6 is 0 Å². The lowest BCUT2D eigenvalue weighted by atomic mass is 10.2. The van der Waals surface area contributed by atoms with Gasteiger partial charge in [0.25, 0.3) is 15.5 Å². The summed E-state index contributed by atoms with van der Waals surface area (Å²) >= 11 is 0. The first-order valence-electron chi connectivity index (χ1n) is 7.25. The second kappa shape index (κ2) is 7.28. The van der Waals surface area contributed by atoms with Crippen LogP contribution in [0.3, 0.4) is 0 Å². The maximum absolute atomic E-state index is 12.6. The monoisotopic (exact) mass is 389 g/mol. The molecular formula is C15H14F3N3O4S. The van der Waals surface area contributed by atoms with E-state index in [9.17, 15) is 31.7 Å². The van der Waals surface area contributed by atoms with Gasteiger partial charge in [0.2, 0.25) is 0 Å². The molecule has 0 spiro atoms. The Kier molecular flexibility index (Phi) is 5.50. The Bertz CT molecular complexity index is 902. The van der Waals surface area contributed by atoms with E-state index in [0.717, 1.165) is 11.8 Å². The van der Waals surface area contributed by atoms with Gasteiger partial charge < -0.3 is 4.90 Å². The van der Waals surface area contributed by atoms with Crippen LogP contribution in [0.5, 0.6) is 0 Å².